The molecule has 1 amide bonds. The summed E-state index contributed by atoms with van der Waals surface area (Å²) in [6.07, 6.45) is 5.32. The van der Waals surface area contributed by atoms with Crippen molar-refractivity contribution in [2.24, 2.45) is 0 Å². The van der Waals surface area contributed by atoms with E-state index in [0.29, 0.717) is 23.6 Å². The van der Waals surface area contributed by atoms with Gasteiger partial charge in [-0.3, -0.25) is 4.79 Å². The number of methoxy groups -OCH3 is 1. The van der Waals surface area contributed by atoms with Gasteiger partial charge in [0.1, 0.15) is 24.2 Å². The number of piperidine rings is 1. The highest BCUT2D eigenvalue weighted by Gasteiger charge is 2.14. The van der Waals surface area contributed by atoms with Gasteiger partial charge >= 0.3 is 0 Å². The average molecular weight is 475 g/mol. The predicted octanol–water partition coefficient (Wildman–Crippen LogP) is 4.76. The Morgan fingerprint density at radius 2 is 1.80 bits per heavy atom. The molecule has 1 fully saturated rings. The lowest BCUT2D eigenvalue weighted by Crippen LogP contribution is -2.34. The van der Waals surface area contributed by atoms with Crippen LogP contribution in [0, 0.1) is 0 Å². The number of phenolic OH excluding ortho intramolecular Hbond substituents is 1. The molecule has 1 heterocycles. The predicted molar refractivity (Wildman–Crippen MR) is 136 cm³/mol. The molecule has 0 radical (unpaired) electrons. The molecule has 0 unspecified atom stereocenters. The van der Waals surface area contributed by atoms with E-state index in [-0.39, 0.29) is 17.8 Å². The molecule has 0 bridgehead atoms. The fraction of sp³-hybridized carbons (Fsp3) is 0.250. The highest BCUT2D eigenvalue weighted by Crippen LogP contribution is 2.27. The van der Waals surface area contributed by atoms with E-state index in [2.05, 4.69) is 10.6 Å². The van der Waals surface area contributed by atoms with Crippen LogP contribution >= 0.6 is 0 Å². The molecular formula is C28H30N2O5. The molecule has 0 aromatic heterocycles. The Hall–Kier alpha value is -3.97. The number of anilines is 1. The number of aromatic hydroxyl groups is 1. The van der Waals surface area contributed by atoms with Gasteiger partial charge in [-0.2, -0.15) is 0 Å². The molecular weight excluding hydrogens is 444 g/mol. The minimum Gasteiger partial charge on any atom is -0.504 e. The summed E-state index contributed by atoms with van der Waals surface area (Å²) in [4.78, 5) is 12.5. The Kier molecular flexibility index (Phi) is 8.25. The van der Waals surface area contributed by atoms with Gasteiger partial charge in [-0.1, -0.05) is 24.3 Å². The number of phenols is 1. The monoisotopic (exact) mass is 474 g/mol. The third kappa shape index (κ3) is 7.01. The zero-order chi connectivity index (χ0) is 24.5. The molecule has 0 saturated carbocycles. The van der Waals surface area contributed by atoms with Gasteiger partial charge < -0.3 is 30.0 Å². The van der Waals surface area contributed by atoms with Gasteiger partial charge in [-0.25, -0.2) is 0 Å². The summed E-state index contributed by atoms with van der Waals surface area (Å²) >= 11 is 0. The number of carbonyl (C=O) groups excluding carboxylic acids is 1. The summed E-state index contributed by atoms with van der Waals surface area (Å²) in [5, 5.41) is 16.1. The Balaban J connectivity index is 1.32. The first-order valence-electron chi connectivity index (χ1n) is 11.6. The molecule has 4 rings (SSSR count). The molecule has 3 aromatic rings. The SMILES string of the molecule is COc1ccc(/C=C/C(=O)Nc2ccccc2COc2ccc(OC3CCNCC3)cc2)cc1O. The summed E-state index contributed by atoms with van der Waals surface area (Å²) in [5.41, 5.74) is 2.21. The third-order valence-electron chi connectivity index (χ3n) is 5.71. The van der Waals surface area contributed by atoms with Crippen molar-refractivity contribution in [3.8, 4) is 23.0 Å². The molecule has 182 valence electrons. The average Bonchev–Trinajstić information content (AvgIpc) is 2.88. The fourth-order valence-corrected chi connectivity index (χ4v) is 3.81. The van der Waals surface area contributed by atoms with Crippen molar-refractivity contribution in [1.29, 1.82) is 0 Å². The first kappa shape index (κ1) is 24.2. The second kappa shape index (κ2) is 11.9. The van der Waals surface area contributed by atoms with Crippen LogP contribution in [0.5, 0.6) is 23.0 Å². The van der Waals surface area contributed by atoms with Crippen LogP contribution in [0.3, 0.4) is 0 Å². The van der Waals surface area contributed by atoms with Crippen molar-refractivity contribution in [1.82, 2.24) is 5.32 Å². The fourth-order valence-electron chi connectivity index (χ4n) is 3.81. The van der Waals surface area contributed by atoms with E-state index in [1.165, 1.54) is 19.3 Å². The first-order chi connectivity index (χ1) is 17.1. The molecule has 1 saturated heterocycles. The Labute approximate surface area is 205 Å². The minimum atomic E-state index is -0.285. The van der Waals surface area contributed by atoms with Gasteiger partial charge in [0.05, 0.1) is 7.11 Å². The molecule has 0 spiro atoms. The van der Waals surface area contributed by atoms with E-state index in [9.17, 15) is 9.90 Å². The zero-order valence-corrected chi connectivity index (χ0v) is 19.7. The van der Waals surface area contributed by atoms with Gasteiger partial charge in [0.15, 0.2) is 11.5 Å². The third-order valence-corrected chi connectivity index (χ3v) is 5.71. The molecule has 1 aliphatic heterocycles. The van der Waals surface area contributed by atoms with Crippen LogP contribution in [0.4, 0.5) is 5.69 Å². The summed E-state index contributed by atoms with van der Waals surface area (Å²) in [5.74, 6) is 1.68. The van der Waals surface area contributed by atoms with E-state index in [1.807, 2.05) is 48.5 Å². The lowest BCUT2D eigenvalue weighted by molar-refractivity contribution is -0.111. The van der Waals surface area contributed by atoms with Crippen LogP contribution in [0.2, 0.25) is 0 Å². The number of para-hydroxylation sites is 1. The molecule has 3 N–H and O–H groups in total. The number of benzene rings is 3. The van der Waals surface area contributed by atoms with Crippen LogP contribution in [0.1, 0.15) is 24.0 Å². The number of carbonyl (C=O) groups is 1. The second-order valence-corrected chi connectivity index (χ2v) is 8.24. The molecule has 35 heavy (non-hydrogen) atoms. The van der Waals surface area contributed by atoms with Crippen LogP contribution in [-0.2, 0) is 11.4 Å². The van der Waals surface area contributed by atoms with Crippen LogP contribution in [0.15, 0.2) is 72.8 Å². The van der Waals surface area contributed by atoms with Crippen molar-refractivity contribution >= 4 is 17.7 Å². The lowest BCUT2D eigenvalue weighted by Gasteiger charge is -2.23. The standard InChI is InChI=1S/C28H30N2O5/c1-33-27-12-6-20(18-26(27)31)7-13-28(32)30-25-5-3-2-4-21(25)19-34-22-8-10-23(11-9-22)35-24-14-16-29-17-15-24/h2-13,18,24,29,31H,14-17,19H2,1H3,(H,30,32)/b13-7+. The number of ether oxygens (including phenoxy) is 3. The van der Waals surface area contributed by atoms with Crippen LogP contribution in [-0.4, -0.2) is 37.3 Å². The van der Waals surface area contributed by atoms with E-state index in [4.69, 9.17) is 14.2 Å². The maximum atomic E-state index is 12.5. The smallest absolute Gasteiger partial charge is 0.248 e. The molecule has 0 atom stereocenters. The quantitative estimate of drug-likeness (QED) is 0.388. The maximum Gasteiger partial charge on any atom is 0.248 e. The largest absolute Gasteiger partial charge is 0.504 e. The van der Waals surface area contributed by atoms with Crippen molar-refractivity contribution < 1.29 is 24.1 Å². The minimum absolute atomic E-state index is 0.0171. The van der Waals surface area contributed by atoms with E-state index < -0.39 is 0 Å². The molecule has 1 aliphatic rings. The summed E-state index contributed by atoms with van der Waals surface area (Å²) < 4.78 is 17.0. The van der Waals surface area contributed by atoms with Crippen molar-refractivity contribution in [2.45, 2.75) is 25.6 Å². The number of amides is 1. The number of nitrogens with one attached hydrogen (secondary N) is 2. The number of hydrogen-bond donors (Lipinski definition) is 3. The number of rotatable bonds is 9. The first-order valence-corrected chi connectivity index (χ1v) is 11.6. The van der Waals surface area contributed by atoms with Crippen molar-refractivity contribution in [3.05, 3.63) is 83.9 Å². The molecule has 0 aliphatic carbocycles. The zero-order valence-electron chi connectivity index (χ0n) is 19.7. The van der Waals surface area contributed by atoms with E-state index in [1.54, 1.807) is 18.2 Å². The lowest BCUT2D eigenvalue weighted by atomic mass is 10.1. The summed E-state index contributed by atoms with van der Waals surface area (Å²) in [6, 6.07) is 20.1. The van der Waals surface area contributed by atoms with E-state index in [0.717, 1.165) is 43.0 Å². The van der Waals surface area contributed by atoms with Gasteiger partial charge in [0, 0.05) is 17.3 Å². The number of hydrogen-bond acceptors (Lipinski definition) is 6. The van der Waals surface area contributed by atoms with E-state index >= 15 is 0 Å². The van der Waals surface area contributed by atoms with Gasteiger partial charge in [-0.05, 0) is 80.0 Å². The highest BCUT2D eigenvalue weighted by molar-refractivity contribution is 6.02. The Bertz CT molecular complexity index is 1150. The van der Waals surface area contributed by atoms with Gasteiger partial charge in [-0.15, -0.1) is 0 Å². The second-order valence-electron chi connectivity index (χ2n) is 8.24. The Morgan fingerprint density at radius 3 is 2.54 bits per heavy atom. The van der Waals surface area contributed by atoms with Crippen molar-refractivity contribution in [2.75, 3.05) is 25.5 Å². The maximum absolute atomic E-state index is 12.5. The van der Waals surface area contributed by atoms with Crippen molar-refractivity contribution in [3.63, 3.8) is 0 Å². The van der Waals surface area contributed by atoms with Gasteiger partial charge in [0.25, 0.3) is 0 Å². The highest BCUT2D eigenvalue weighted by atomic mass is 16.5. The summed E-state index contributed by atoms with van der Waals surface area (Å²) in [6.45, 7) is 2.28. The topological polar surface area (TPSA) is 89.1 Å². The molecule has 7 nitrogen and oxygen atoms in total. The molecule has 3 aromatic carbocycles. The van der Waals surface area contributed by atoms with Crippen LogP contribution < -0.4 is 24.8 Å². The Morgan fingerprint density at radius 1 is 1.06 bits per heavy atom. The molecule has 7 heteroatoms. The summed E-state index contributed by atoms with van der Waals surface area (Å²) in [7, 11) is 1.49. The van der Waals surface area contributed by atoms with Gasteiger partial charge in [0.2, 0.25) is 5.91 Å². The van der Waals surface area contributed by atoms with Crippen LogP contribution in [0.25, 0.3) is 6.08 Å². The normalized spacial score (nSPS) is 14.0.